The average Bonchev–Trinajstić information content (AvgIpc) is 2.15. The molecular formula is C11H25N3O2. The van der Waals surface area contributed by atoms with Crippen LogP contribution in [0.3, 0.4) is 0 Å². The second kappa shape index (κ2) is 7.46. The fourth-order valence-corrected chi connectivity index (χ4v) is 1.16. The third kappa shape index (κ3) is 7.48. The van der Waals surface area contributed by atoms with Gasteiger partial charge in [0, 0.05) is 27.3 Å². The summed E-state index contributed by atoms with van der Waals surface area (Å²) in [6.45, 7) is 8.77. The van der Waals surface area contributed by atoms with Gasteiger partial charge in [0.2, 0.25) is 0 Å². The molecule has 0 heterocycles. The molecule has 0 saturated carbocycles. The summed E-state index contributed by atoms with van der Waals surface area (Å²) in [6.07, 6.45) is 0. The summed E-state index contributed by atoms with van der Waals surface area (Å²) in [4.78, 5) is 6.40. The zero-order valence-corrected chi connectivity index (χ0v) is 11.1. The van der Waals surface area contributed by atoms with Gasteiger partial charge in [-0.15, -0.1) is 0 Å². The second-order valence-corrected chi connectivity index (χ2v) is 4.61. The molecule has 0 atom stereocenters. The SMILES string of the molecule is COCCN(CCOC)C(N)=NC(C)(C)C. The highest BCUT2D eigenvalue weighted by Crippen LogP contribution is 2.06. The van der Waals surface area contributed by atoms with Crippen molar-refractivity contribution >= 4 is 5.96 Å². The van der Waals surface area contributed by atoms with Crippen molar-refractivity contribution in [3.63, 3.8) is 0 Å². The molecule has 0 amide bonds. The molecule has 0 bridgehead atoms. The van der Waals surface area contributed by atoms with Gasteiger partial charge in [-0.05, 0) is 20.8 Å². The van der Waals surface area contributed by atoms with Crippen molar-refractivity contribution in [2.45, 2.75) is 26.3 Å². The molecule has 2 N–H and O–H groups in total. The van der Waals surface area contributed by atoms with Crippen LogP contribution < -0.4 is 5.73 Å². The van der Waals surface area contributed by atoms with E-state index in [1.807, 2.05) is 25.7 Å². The van der Waals surface area contributed by atoms with Crippen molar-refractivity contribution in [3.05, 3.63) is 0 Å². The lowest BCUT2D eigenvalue weighted by Gasteiger charge is -2.25. The van der Waals surface area contributed by atoms with Crippen LogP contribution in [0.5, 0.6) is 0 Å². The van der Waals surface area contributed by atoms with E-state index in [1.165, 1.54) is 0 Å². The maximum absolute atomic E-state index is 5.95. The van der Waals surface area contributed by atoms with Crippen LogP contribution in [-0.4, -0.2) is 56.9 Å². The van der Waals surface area contributed by atoms with Gasteiger partial charge in [0.05, 0.1) is 18.8 Å². The Kier molecular flexibility index (Phi) is 7.08. The van der Waals surface area contributed by atoms with Crippen LogP contribution in [0.1, 0.15) is 20.8 Å². The number of hydrogen-bond donors (Lipinski definition) is 1. The number of methoxy groups -OCH3 is 2. The minimum atomic E-state index is -0.164. The molecule has 0 aromatic rings. The van der Waals surface area contributed by atoms with Crippen molar-refractivity contribution < 1.29 is 9.47 Å². The largest absolute Gasteiger partial charge is 0.383 e. The zero-order valence-electron chi connectivity index (χ0n) is 11.1. The molecule has 0 radical (unpaired) electrons. The lowest BCUT2D eigenvalue weighted by molar-refractivity contribution is 0.145. The fourth-order valence-electron chi connectivity index (χ4n) is 1.16. The highest BCUT2D eigenvalue weighted by molar-refractivity contribution is 5.78. The number of nitrogens with zero attached hydrogens (tertiary/aromatic N) is 2. The van der Waals surface area contributed by atoms with E-state index < -0.39 is 0 Å². The van der Waals surface area contributed by atoms with E-state index in [0.717, 1.165) is 13.1 Å². The molecule has 0 aromatic heterocycles. The lowest BCUT2D eigenvalue weighted by Crippen LogP contribution is -2.42. The number of guanidine groups is 1. The average molecular weight is 231 g/mol. The first-order valence-corrected chi connectivity index (χ1v) is 5.49. The van der Waals surface area contributed by atoms with Crippen LogP contribution >= 0.6 is 0 Å². The van der Waals surface area contributed by atoms with Gasteiger partial charge in [0.1, 0.15) is 0 Å². The molecule has 0 rings (SSSR count). The molecule has 0 aliphatic heterocycles. The summed E-state index contributed by atoms with van der Waals surface area (Å²) in [7, 11) is 3.34. The van der Waals surface area contributed by atoms with Crippen molar-refractivity contribution in [2.75, 3.05) is 40.5 Å². The predicted molar refractivity (Wildman–Crippen MR) is 66.7 cm³/mol. The first kappa shape index (κ1) is 15.2. The maximum atomic E-state index is 5.95. The van der Waals surface area contributed by atoms with Crippen LogP contribution in [0.4, 0.5) is 0 Å². The van der Waals surface area contributed by atoms with Crippen molar-refractivity contribution in [3.8, 4) is 0 Å². The molecule has 0 saturated heterocycles. The fraction of sp³-hybridized carbons (Fsp3) is 0.909. The summed E-state index contributed by atoms with van der Waals surface area (Å²) >= 11 is 0. The summed E-state index contributed by atoms with van der Waals surface area (Å²) in [5, 5.41) is 0. The predicted octanol–water partition coefficient (Wildman–Crippen LogP) is 0.694. The molecule has 96 valence electrons. The van der Waals surface area contributed by atoms with Gasteiger partial charge < -0.3 is 20.1 Å². The Morgan fingerprint density at radius 2 is 1.56 bits per heavy atom. The van der Waals surface area contributed by atoms with Gasteiger partial charge in [-0.25, -0.2) is 4.99 Å². The summed E-state index contributed by atoms with van der Waals surface area (Å²) < 4.78 is 10.1. The Morgan fingerprint density at radius 3 is 1.88 bits per heavy atom. The molecule has 0 aliphatic carbocycles. The Bertz CT molecular complexity index is 204. The highest BCUT2D eigenvalue weighted by Gasteiger charge is 2.13. The van der Waals surface area contributed by atoms with E-state index in [9.17, 15) is 0 Å². The quantitative estimate of drug-likeness (QED) is 0.540. The van der Waals surface area contributed by atoms with Crippen molar-refractivity contribution in [1.29, 1.82) is 0 Å². The Morgan fingerprint density at radius 1 is 1.12 bits per heavy atom. The number of ether oxygens (including phenoxy) is 2. The topological polar surface area (TPSA) is 60.1 Å². The number of nitrogens with two attached hydrogens (primary N) is 1. The second-order valence-electron chi connectivity index (χ2n) is 4.61. The monoisotopic (exact) mass is 231 g/mol. The van der Waals surface area contributed by atoms with Gasteiger partial charge in [0.15, 0.2) is 5.96 Å². The number of aliphatic imine (C=N–C) groups is 1. The first-order chi connectivity index (χ1) is 7.40. The third-order valence-corrected chi connectivity index (χ3v) is 1.90. The Labute approximate surface area is 98.6 Å². The van der Waals surface area contributed by atoms with E-state index in [0.29, 0.717) is 19.2 Å². The molecule has 0 fully saturated rings. The molecule has 0 spiro atoms. The Balaban J connectivity index is 4.41. The lowest BCUT2D eigenvalue weighted by atomic mass is 10.1. The summed E-state index contributed by atoms with van der Waals surface area (Å²) in [6, 6.07) is 0. The normalized spacial score (nSPS) is 12.9. The molecule has 0 unspecified atom stereocenters. The van der Waals surface area contributed by atoms with Crippen molar-refractivity contribution in [1.82, 2.24) is 4.90 Å². The molecular weight excluding hydrogens is 206 g/mol. The van der Waals surface area contributed by atoms with Gasteiger partial charge >= 0.3 is 0 Å². The van der Waals surface area contributed by atoms with Crippen LogP contribution in [0.15, 0.2) is 4.99 Å². The molecule has 0 aromatic carbocycles. The third-order valence-electron chi connectivity index (χ3n) is 1.90. The van der Waals surface area contributed by atoms with Gasteiger partial charge in [0.25, 0.3) is 0 Å². The summed E-state index contributed by atoms with van der Waals surface area (Å²) in [5.41, 5.74) is 5.79. The van der Waals surface area contributed by atoms with E-state index in [4.69, 9.17) is 15.2 Å². The first-order valence-electron chi connectivity index (χ1n) is 5.49. The van der Waals surface area contributed by atoms with Gasteiger partial charge in [-0.2, -0.15) is 0 Å². The van der Waals surface area contributed by atoms with Gasteiger partial charge in [-0.3, -0.25) is 0 Å². The van der Waals surface area contributed by atoms with Crippen LogP contribution in [0.25, 0.3) is 0 Å². The van der Waals surface area contributed by atoms with E-state index >= 15 is 0 Å². The molecule has 16 heavy (non-hydrogen) atoms. The summed E-state index contributed by atoms with van der Waals surface area (Å²) in [5.74, 6) is 0.543. The Hall–Kier alpha value is -0.810. The van der Waals surface area contributed by atoms with E-state index in [-0.39, 0.29) is 5.54 Å². The van der Waals surface area contributed by atoms with E-state index in [2.05, 4.69) is 4.99 Å². The smallest absolute Gasteiger partial charge is 0.191 e. The van der Waals surface area contributed by atoms with Crippen LogP contribution in [-0.2, 0) is 9.47 Å². The minimum absolute atomic E-state index is 0.164. The van der Waals surface area contributed by atoms with Crippen LogP contribution in [0.2, 0.25) is 0 Å². The molecule has 5 heteroatoms. The number of rotatable bonds is 6. The number of hydrogen-bond acceptors (Lipinski definition) is 3. The minimum Gasteiger partial charge on any atom is -0.383 e. The van der Waals surface area contributed by atoms with E-state index in [1.54, 1.807) is 14.2 Å². The maximum Gasteiger partial charge on any atom is 0.191 e. The standard InChI is InChI=1S/C11H25N3O2/c1-11(2,3)13-10(12)14(6-8-15-4)7-9-16-5/h6-9H2,1-5H3,(H2,12,13). The van der Waals surface area contributed by atoms with Crippen molar-refractivity contribution in [2.24, 2.45) is 10.7 Å². The van der Waals surface area contributed by atoms with Gasteiger partial charge in [-0.1, -0.05) is 0 Å². The molecule has 0 aliphatic rings. The van der Waals surface area contributed by atoms with Crippen LogP contribution in [0, 0.1) is 0 Å². The molecule has 5 nitrogen and oxygen atoms in total. The highest BCUT2D eigenvalue weighted by atomic mass is 16.5. The zero-order chi connectivity index (χ0) is 12.6.